The van der Waals surface area contributed by atoms with E-state index in [4.69, 9.17) is 11.6 Å². The van der Waals surface area contributed by atoms with Crippen molar-refractivity contribution >= 4 is 40.3 Å². The summed E-state index contributed by atoms with van der Waals surface area (Å²) >= 11 is 7.67. The van der Waals surface area contributed by atoms with Gasteiger partial charge in [-0.15, -0.1) is 0 Å². The Hall–Kier alpha value is -1.14. The van der Waals surface area contributed by atoms with E-state index < -0.39 is 0 Å². The molecule has 0 aliphatic heterocycles. The van der Waals surface area contributed by atoms with Crippen LogP contribution in [-0.2, 0) is 6.54 Å². The predicted molar refractivity (Wildman–Crippen MR) is 81.7 cm³/mol. The minimum atomic E-state index is -0.117. The Bertz CT molecular complexity index is 623. The van der Waals surface area contributed by atoms with Gasteiger partial charge in [0.05, 0.1) is 6.33 Å². The molecule has 18 heavy (non-hydrogen) atoms. The lowest BCUT2D eigenvalue weighted by molar-refractivity contribution is 0.749. The van der Waals surface area contributed by atoms with Crippen molar-refractivity contribution in [1.29, 1.82) is 0 Å². The van der Waals surface area contributed by atoms with E-state index in [1.807, 2.05) is 65.1 Å². The van der Waals surface area contributed by atoms with Crippen LogP contribution < -0.4 is 5.56 Å². The molecule has 0 unspecified atom stereocenters. The van der Waals surface area contributed by atoms with Crippen LogP contribution in [0.3, 0.4) is 0 Å². The molecule has 0 aliphatic rings. The topological polar surface area (TPSA) is 34.9 Å². The van der Waals surface area contributed by atoms with Gasteiger partial charge in [0, 0.05) is 6.54 Å². The quantitative estimate of drug-likeness (QED) is 0.612. The molecule has 0 saturated carbocycles. The molecule has 1 aromatic heterocycles. The first-order valence-electron chi connectivity index (χ1n) is 5.30. The van der Waals surface area contributed by atoms with Crippen molar-refractivity contribution in [2.24, 2.45) is 0 Å². The Morgan fingerprint density at radius 1 is 1.33 bits per heavy atom. The number of nitrogens with zero attached hydrogens (tertiary/aromatic N) is 2. The van der Waals surface area contributed by atoms with Crippen LogP contribution in [0.25, 0.3) is 6.08 Å². The summed E-state index contributed by atoms with van der Waals surface area (Å²) in [6.07, 6.45) is 5.35. The molecule has 0 bridgehead atoms. The molecule has 0 N–H and O–H groups in total. The Kier molecular flexibility index (Phi) is 4.54. The van der Waals surface area contributed by atoms with Gasteiger partial charge in [-0.2, -0.15) is 0 Å². The number of hydrogen-bond donors (Lipinski definition) is 0. The summed E-state index contributed by atoms with van der Waals surface area (Å²) in [6.45, 7) is 0.480. The molecule has 1 heterocycles. The van der Waals surface area contributed by atoms with Gasteiger partial charge in [-0.25, -0.2) is 4.98 Å². The number of hydrogen-bond acceptors (Lipinski definition) is 2. The lowest BCUT2D eigenvalue weighted by Crippen LogP contribution is -2.22. The van der Waals surface area contributed by atoms with Crippen molar-refractivity contribution in [3.8, 4) is 0 Å². The molecule has 0 radical (unpaired) electrons. The van der Waals surface area contributed by atoms with Gasteiger partial charge in [-0.05, 0) is 28.2 Å². The number of benzene rings is 1. The molecule has 3 nitrogen and oxygen atoms in total. The van der Waals surface area contributed by atoms with E-state index in [0.29, 0.717) is 10.1 Å². The van der Waals surface area contributed by atoms with Crippen LogP contribution in [0.4, 0.5) is 0 Å². The lowest BCUT2D eigenvalue weighted by atomic mass is 10.2. The normalized spacial score (nSPS) is 11.0. The van der Waals surface area contributed by atoms with Crippen molar-refractivity contribution in [3.05, 3.63) is 67.4 Å². The molecule has 0 spiro atoms. The summed E-state index contributed by atoms with van der Waals surface area (Å²) in [5.74, 6) is 0. The zero-order valence-electron chi connectivity index (χ0n) is 9.38. The van der Waals surface area contributed by atoms with Crippen molar-refractivity contribution in [2.75, 3.05) is 0 Å². The molecular weight excluding hydrogens is 363 g/mol. The van der Waals surface area contributed by atoms with E-state index in [1.54, 1.807) is 0 Å². The number of aromatic nitrogens is 2. The van der Waals surface area contributed by atoms with Gasteiger partial charge >= 0.3 is 0 Å². The third-order valence-corrected chi connectivity index (χ3v) is 3.93. The van der Waals surface area contributed by atoms with Gasteiger partial charge in [0.1, 0.15) is 8.72 Å². The number of rotatable bonds is 3. The van der Waals surface area contributed by atoms with E-state index in [2.05, 4.69) is 4.98 Å². The van der Waals surface area contributed by atoms with Crippen LogP contribution in [0, 0.1) is 3.57 Å². The molecule has 0 fully saturated rings. The highest BCUT2D eigenvalue weighted by atomic mass is 127. The van der Waals surface area contributed by atoms with Gasteiger partial charge in [-0.1, -0.05) is 54.1 Å². The second-order valence-electron chi connectivity index (χ2n) is 3.62. The third-order valence-electron chi connectivity index (χ3n) is 2.35. The zero-order valence-corrected chi connectivity index (χ0v) is 12.3. The van der Waals surface area contributed by atoms with Crippen LogP contribution in [0.1, 0.15) is 5.56 Å². The average molecular weight is 373 g/mol. The first-order chi connectivity index (χ1) is 8.68. The van der Waals surface area contributed by atoms with E-state index in [-0.39, 0.29) is 10.7 Å². The van der Waals surface area contributed by atoms with E-state index in [9.17, 15) is 4.79 Å². The largest absolute Gasteiger partial charge is 0.294 e. The zero-order chi connectivity index (χ0) is 13.0. The van der Waals surface area contributed by atoms with Crippen molar-refractivity contribution in [3.63, 3.8) is 0 Å². The van der Waals surface area contributed by atoms with E-state index >= 15 is 0 Å². The van der Waals surface area contributed by atoms with Crippen LogP contribution in [0.2, 0.25) is 5.15 Å². The Balaban J connectivity index is 2.14. The smallest absolute Gasteiger partial charge is 0.268 e. The second-order valence-corrected chi connectivity index (χ2v) is 5.06. The highest BCUT2D eigenvalue weighted by Crippen LogP contribution is 2.09. The molecule has 0 amide bonds. The number of halogens is 2. The minimum absolute atomic E-state index is 0.117. The first kappa shape index (κ1) is 13.3. The maximum atomic E-state index is 11.8. The Labute approximate surface area is 123 Å². The molecule has 92 valence electrons. The van der Waals surface area contributed by atoms with Crippen molar-refractivity contribution < 1.29 is 0 Å². The van der Waals surface area contributed by atoms with Gasteiger partial charge < -0.3 is 0 Å². The standard InChI is InChI=1S/C13H10ClIN2O/c14-12-11(15)13(18)17(9-16-12)8-4-7-10-5-2-1-3-6-10/h1-7,9H,8H2/b7-4+. The molecule has 0 atom stereocenters. The monoisotopic (exact) mass is 372 g/mol. The molecule has 5 heteroatoms. The van der Waals surface area contributed by atoms with Crippen LogP contribution >= 0.6 is 34.2 Å². The first-order valence-corrected chi connectivity index (χ1v) is 6.76. The summed E-state index contributed by atoms with van der Waals surface area (Å²) < 4.78 is 1.97. The molecular formula is C13H10ClIN2O. The minimum Gasteiger partial charge on any atom is -0.294 e. The fourth-order valence-corrected chi connectivity index (χ4v) is 2.01. The van der Waals surface area contributed by atoms with Crippen LogP contribution in [0.5, 0.6) is 0 Å². The van der Waals surface area contributed by atoms with Crippen molar-refractivity contribution in [1.82, 2.24) is 9.55 Å². The molecule has 0 aliphatic carbocycles. The SMILES string of the molecule is O=c1c(I)c(Cl)ncn1C/C=C/c1ccccc1. The summed E-state index contributed by atoms with van der Waals surface area (Å²) in [5, 5.41) is 0.254. The van der Waals surface area contributed by atoms with E-state index in [1.165, 1.54) is 10.9 Å². The van der Waals surface area contributed by atoms with Crippen LogP contribution in [0.15, 0.2) is 47.5 Å². The third kappa shape index (κ3) is 3.20. The maximum Gasteiger partial charge on any atom is 0.268 e. The summed E-state index contributed by atoms with van der Waals surface area (Å²) in [7, 11) is 0. The Morgan fingerprint density at radius 2 is 2.06 bits per heavy atom. The summed E-state index contributed by atoms with van der Waals surface area (Å²) in [4.78, 5) is 15.8. The second kappa shape index (κ2) is 6.15. The Morgan fingerprint density at radius 3 is 2.78 bits per heavy atom. The fourth-order valence-electron chi connectivity index (χ4n) is 1.44. The molecule has 2 aromatic rings. The molecule has 0 saturated heterocycles. The predicted octanol–water partition coefficient (Wildman–Crippen LogP) is 3.21. The summed E-state index contributed by atoms with van der Waals surface area (Å²) in [6, 6.07) is 9.91. The van der Waals surface area contributed by atoms with Gasteiger partial charge in [-0.3, -0.25) is 9.36 Å². The van der Waals surface area contributed by atoms with Gasteiger partial charge in [0.25, 0.3) is 5.56 Å². The highest BCUT2D eigenvalue weighted by molar-refractivity contribution is 14.1. The average Bonchev–Trinajstić information content (AvgIpc) is 2.40. The van der Waals surface area contributed by atoms with Crippen molar-refractivity contribution in [2.45, 2.75) is 6.54 Å². The maximum absolute atomic E-state index is 11.8. The fraction of sp³-hybridized carbons (Fsp3) is 0.0769. The van der Waals surface area contributed by atoms with E-state index in [0.717, 1.165) is 5.56 Å². The van der Waals surface area contributed by atoms with Crippen LogP contribution in [-0.4, -0.2) is 9.55 Å². The molecule has 2 rings (SSSR count). The number of allylic oxidation sites excluding steroid dienone is 1. The molecule has 1 aromatic carbocycles. The van der Waals surface area contributed by atoms with Gasteiger partial charge in [0.15, 0.2) is 0 Å². The lowest BCUT2D eigenvalue weighted by Gasteiger charge is -2.02. The van der Waals surface area contributed by atoms with Gasteiger partial charge in [0.2, 0.25) is 0 Å². The summed E-state index contributed by atoms with van der Waals surface area (Å²) in [5.41, 5.74) is 0.982. The highest BCUT2D eigenvalue weighted by Gasteiger charge is 2.05.